The van der Waals surface area contributed by atoms with Crippen LogP contribution in [-0.2, 0) is 13.0 Å². The highest BCUT2D eigenvalue weighted by atomic mass is 127. The highest BCUT2D eigenvalue weighted by Gasteiger charge is 2.02. The van der Waals surface area contributed by atoms with Crippen molar-refractivity contribution in [3.05, 3.63) is 54.6 Å². The number of para-hydroxylation sites is 2. The third-order valence-corrected chi connectivity index (χ3v) is 3.64. The molecule has 6 nitrogen and oxygen atoms in total. The van der Waals surface area contributed by atoms with Gasteiger partial charge in [-0.15, -0.1) is 24.0 Å². The molecule has 3 N–H and O–H groups in total. The van der Waals surface area contributed by atoms with Gasteiger partial charge in [0, 0.05) is 45.5 Å². The first-order valence-electron chi connectivity index (χ1n) is 7.84. The Hall–Kier alpha value is -2.03. The van der Waals surface area contributed by atoms with E-state index < -0.39 is 0 Å². The average Bonchev–Trinajstić information content (AvgIpc) is 3.22. The lowest BCUT2D eigenvalue weighted by molar-refractivity contribution is 0.664. The zero-order valence-electron chi connectivity index (χ0n) is 13.7. The summed E-state index contributed by atoms with van der Waals surface area (Å²) in [6, 6.07) is 12.1. The van der Waals surface area contributed by atoms with E-state index in [1.54, 1.807) is 7.05 Å². The first-order chi connectivity index (χ1) is 11.3. The number of imidazole rings is 1. The van der Waals surface area contributed by atoms with Gasteiger partial charge in [0.1, 0.15) is 5.82 Å². The predicted octanol–water partition coefficient (Wildman–Crippen LogP) is 2.39. The van der Waals surface area contributed by atoms with Crippen LogP contribution >= 0.6 is 24.0 Å². The number of aromatic amines is 1. The molecular weight excluding hydrogens is 415 g/mol. The SMILES string of the molecule is CN=C(NCCc1nc2ccccc2[nH]1)NCCn1cccc1.I. The number of hydrogen-bond acceptors (Lipinski definition) is 2. The fraction of sp³-hybridized carbons (Fsp3) is 0.294. The second-order valence-corrected chi connectivity index (χ2v) is 5.30. The summed E-state index contributed by atoms with van der Waals surface area (Å²) >= 11 is 0. The van der Waals surface area contributed by atoms with Gasteiger partial charge in [-0.1, -0.05) is 12.1 Å². The quantitative estimate of drug-likeness (QED) is 0.315. The molecule has 7 heteroatoms. The molecular formula is C17H23IN6. The van der Waals surface area contributed by atoms with E-state index in [0.717, 1.165) is 48.9 Å². The van der Waals surface area contributed by atoms with Crippen LogP contribution in [0.3, 0.4) is 0 Å². The fourth-order valence-electron chi connectivity index (χ4n) is 2.47. The number of fused-ring (bicyclic) bond motifs is 1. The van der Waals surface area contributed by atoms with Crippen molar-refractivity contribution in [1.82, 2.24) is 25.2 Å². The second kappa shape index (κ2) is 9.31. The highest BCUT2D eigenvalue weighted by Crippen LogP contribution is 2.10. The van der Waals surface area contributed by atoms with Crippen LogP contribution in [0, 0.1) is 0 Å². The number of aromatic nitrogens is 3. The highest BCUT2D eigenvalue weighted by molar-refractivity contribution is 14.0. The Morgan fingerprint density at radius 3 is 2.62 bits per heavy atom. The standard InChI is InChI=1S/C17H22N6.HI/c1-18-17(20-10-13-23-11-4-5-12-23)19-9-8-16-21-14-6-2-3-7-15(14)22-16;/h2-7,11-12H,8-10,13H2,1H3,(H,21,22)(H2,18,19,20);1H. The van der Waals surface area contributed by atoms with Crippen molar-refractivity contribution in [2.75, 3.05) is 20.1 Å². The Bertz CT molecular complexity index is 729. The molecule has 128 valence electrons. The molecule has 0 unspecified atom stereocenters. The van der Waals surface area contributed by atoms with Gasteiger partial charge in [-0.25, -0.2) is 4.98 Å². The molecule has 0 atom stereocenters. The van der Waals surface area contributed by atoms with Gasteiger partial charge in [0.25, 0.3) is 0 Å². The van der Waals surface area contributed by atoms with Crippen molar-refractivity contribution in [3.8, 4) is 0 Å². The number of aliphatic imine (C=N–C) groups is 1. The third kappa shape index (κ3) is 4.98. The van der Waals surface area contributed by atoms with E-state index in [2.05, 4.69) is 42.6 Å². The second-order valence-electron chi connectivity index (χ2n) is 5.30. The van der Waals surface area contributed by atoms with E-state index >= 15 is 0 Å². The monoisotopic (exact) mass is 438 g/mol. The number of nitrogens with one attached hydrogen (secondary N) is 3. The normalized spacial score (nSPS) is 11.3. The maximum atomic E-state index is 4.57. The Balaban J connectivity index is 0.00000208. The molecule has 0 aliphatic heterocycles. The van der Waals surface area contributed by atoms with Crippen molar-refractivity contribution in [2.45, 2.75) is 13.0 Å². The Kier molecular flexibility index (Phi) is 7.10. The summed E-state index contributed by atoms with van der Waals surface area (Å²) in [6.45, 7) is 2.53. The molecule has 1 aromatic carbocycles. The molecule has 0 fully saturated rings. The summed E-state index contributed by atoms with van der Waals surface area (Å²) in [5.41, 5.74) is 2.09. The Morgan fingerprint density at radius 1 is 1.12 bits per heavy atom. The van der Waals surface area contributed by atoms with Crippen LogP contribution in [0.25, 0.3) is 11.0 Å². The topological polar surface area (TPSA) is 70.0 Å². The third-order valence-electron chi connectivity index (χ3n) is 3.64. The zero-order valence-corrected chi connectivity index (χ0v) is 16.0. The van der Waals surface area contributed by atoms with Gasteiger partial charge < -0.3 is 20.2 Å². The summed E-state index contributed by atoms with van der Waals surface area (Å²) in [6.07, 6.45) is 4.94. The number of H-pyrrole nitrogens is 1. The molecule has 0 amide bonds. The van der Waals surface area contributed by atoms with E-state index in [4.69, 9.17) is 0 Å². The van der Waals surface area contributed by atoms with Crippen molar-refractivity contribution in [2.24, 2.45) is 4.99 Å². The van der Waals surface area contributed by atoms with Gasteiger partial charge in [-0.3, -0.25) is 4.99 Å². The smallest absolute Gasteiger partial charge is 0.191 e. The first kappa shape index (κ1) is 18.3. The Labute approximate surface area is 158 Å². The Morgan fingerprint density at radius 2 is 1.88 bits per heavy atom. The minimum absolute atomic E-state index is 0. The summed E-state index contributed by atoms with van der Waals surface area (Å²) in [4.78, 5) is 12.1. The van der Waals surface area contributed by atoms with Gasteiger partial charge in [0.05, 0.1) is 11.0 Å². The number of guanidine groups is 1. The van der Waals surface area contributed by atoms with Crippen LogP contribution in [0.4, 0.5) is 0 Å². The maximum absolute atomic E-state index is 4.57. The summed E-state index contributed by atoms with van der Waals surface area (Å²) in [5.74, 6) is 1.80. The van der Waals surface area contributed by atoms with Crippen LogP contribution in [-0.4, -0.2) is 40.6 Å². The molecule has 0 aliphatic carbocycles. The van der Waals surface area contributed by atoms with Crippen LogP contribution < -0.4 is 10.6 Å². The van der Waals surface area contributed by atoms with Crippen molar-refractivity contribution in [3.63, 3.8) is 0 Å². The number of rotatable bonds is 6. The van der Waals surface area contributed by atoms with Gasteiger partial charge in [0.2, 0.25) is 0 Å². The van der Waals surface area contributed by atoms with Gasteiger partial charge in [0.15, 0.2) is 5.96 Å². The summed E-state index contributed by atoms with van der Waals surface area (Å²) in [7, 11) is 1.78. The van der Waals surface area contributed by atoms with E-state index in [-0.39, 0.29) is 24.0 Å². The van der Waals surface area contributed by atoms with Crippen LogP contribution in [0.2, 0.25) is 0 Å². The first-order valence-corrected chi connectivity index (χ1v) is 7.84. The molecule has 0 spiro atoms. The summed E-state index contributed by atoms with van der Waals surface area (Å²) < 4.78 is 2.13. The van der Waals surface area contributed by atoms with E-state index in [1.807, 2.05) is 36.4 Å². The number of nitrogens with zero attached hydrogens (tertiary/aromatic N) is 3. The minimum atomic E-state index is 0. The van der Waals surface area contributed by atoms with Crippen LogP contribution in [0.1, 0.15) is 5.82 Å². The predicted molar refractivity (Wildman–Crippen MR) is 109 cm³/mol. The number of hydrogen-bond donors (Lipinski definition) is 3. The van der Waals surface area contributed by atoms with Gasteiger partial charge in [-0.2, -0.15) is 0 Å². The molecule has 24 heavy (non-hydrogen) atoms. The largest absolute Gasteiger partial charge is 0.356 e. The van der Waals surface area contributed by atoms with Crippen LogP contribution in [0.5, 0.6) is 0 Å². The van der Waals surface area contributed by atoms with Crippen molar-refractivity contribution in [1.29, 1.82) is 0 Å². The van der Waals surface area contributed by atoms with Crippen molar-refractivity contribution >= 4 is 41.0 Å². The van der Waals surface area contributed by atoms with Gasteiger partial charge >= 0.3 is 0 Å². The average molecular weight is 438 g/mol. The molecule has 0 aliphatic rings. The summed E-state index contributed by atoms with van der Waals surface area (Å²) in [5, 5.41) is 6.62. The fourth-order valence-corrected chi connectivity index (χ4v) is 2.47. The van der Waals surface area contributed by atoms with E-state index in [9.17, 15) is 0 Å². The molecule has 2 aromatic heterocycles. The number of halogens is 1. The molecule has 3 aromatic rings. The number of benzene rings is 1. The van der Waals surface area contributed by atoms with E-state index in [0.29, 0.717) is 0 Å². The van der Waals surface area contributed by atoms with Crippen LogP contribution in [0.15, 0.2) is 53.8 Å². The zero-order chi connectivity index (χ0) is 15.9. The molecule has 0 saturated carbocycles. The molecule has 3 rings (SSSR count). The lowest BCUT2D eigenvalue weighted by Gasteiger charge is -2.11. The lowest BCUT2D eigenvalue weighted by atomic mass is 10.3. The maximum Gasteiger partial charge on any atom is 0.191 e. The molecule has 0 bridgehead atoms. The molecule has 0 saturated heterocycles. The van der Waals surface area contributed by atoms with E-state index in [1.165, 1.54) is 0 Å². The van der Waals surface area contributed by atoms with Crippen molar-refractivity contribution < 1.29 is 0 Å². The molecule has 0 radical (unpaired) electrons. The molecule has 2 heterocycles. The lowest BCUT2D eigenvalue weighted by Crippen LogP contribution is -2.39. The minimum Gasteiger partial charge on any atom is -0.356 e. The van der Waals surface area contributed by atoms with Gasteiger partial charge in [-0.05, 0) is 24.3 Å².